The Hall–Kier alpha value is -4.03. The van der Waals surface area contributed by atoms with Gasteiger partial charge in [0.1, 0.15) is 23.3 Å². The number of nitro benzene ring substituents is 1. The van der Waals surface area contributed by atoms with Gasteiger partial charge in [0.2, 0.25) is 10.0 Å². The third-order valence-corrected chi connectivity index (χ3v) is 8.08. The molecule has 3 N–H and O–H groups in total. The number of nitrogens with two attached hydrogens (primary N) is 1. The molecular weight excluding hydrogens is 630 g/mol. The number of sulfonamides is 1. The van der Waals surface area contributed by atoms with Gasteiger partial charge in [-0.15, -0.1) is 0 Å². The van der Waals surface area contributed by atoms with Gasteiger partial charge in [0.15, 0.2) is 4.90 Å². The highest BCUT2D eigenvalue weighted by atomic mass is 32.2. The summed E-state index contributed by atoms with van der Waals surface area (Å²) in [7, 11) is -1.84. The Morgan fingerprint density at radius 3 is 1.78 bits per heavy atom. The molecule has 1 aromatic rings. The third-order valence-electron chi connectivity index (χ3n) is 6.51. The van der Waals surface area contributed by atoms with Crippen molar-refractivity contribution in [1.82, 2.24) is 14.5 Å². The van der Waals surface area contributed by atoms with Crippen molar-refractivity contribution in [3.8, 4) is 0 Å². The van der Waals surface area contributed by atoms with Crippen LogP contribution in [0.25, 0.3) is 0 Å². The molecule has 2 saturated heterocycles. The minimum Gasteiger partial charge on any atom is -0.467 e. The second kappa shape index (κ2) is 15.0. The minimum atomic E-state index is -4.28. The number of likely N-dealkylation sites (tertiary alicyclic amines) is 2. The lowest BCUT2D eigenvalue weighted by Gasteiger charge is -2.27. The zero-order valence-corrected chi connectivity index (χ0v) is 28.0. The largest absolute Gasteiger partial charge is 0.467 e. The Kier molecular flexibility index (Phi) is 12.5. The van der Waals surface area contributed by atoms with Crippen LogP contribution in [-0.4, -0.2) is 110 Å². The number of ether oxygens (including phenoxy) is 4. The molecule has 46 heavy (non-hydrogen) atoms. The monoisotopic (exact) mass is 673 g/mol. The smallest absolute Gasteiger partial charge is 0.411 e. The van der Waals surface area contributed by atoms with Gasteiger partial charge in [0.05, 0.1) is 19.1 Å². The van der Waals surface area contributed by atoms with Crippen molar-refractivity contribution in [1.29, 1.82) is 0 Å². The molecule has 0 saturated carbocycles. The van der Waals surface area contributed by atoms with Crippen molar-refractivity contribution in [2.24, 2.45) is 5.73 Å². The lowest BCUT2D eigenvalue weighted by atomic mass is 10.2. The van der Waals surface area contributed by atoms with Gasteiger partial charge in [0, 0.05) is 31.2 Å². The van der Waals surface area contributed by atoms with Crippen molar-refractivity contribution < 1.29 is 51.5 Å². The number of hydrogen-bond acceptors (Lipinski definition) is 13. The molecule has 2 aliphatic heterocycles. The fourth-order valence-corrected chi connectivity index (χ4v) is 6.08. The maximum Gasteiger partial charge on any atom is 0.411 e. The Bertz CT molecular complexity index is 1410. The second-order valence-electron chi connectivity index (χ2n) is 12.6. The number of rotatable bonds is 6. The van der Waals surface area contributed by atoms with Gasteiger partial charge in [-0.3, -0.25) is 19.9 Å². The summed E-state index contributed by atoms with van der Waals surface area (Å²) in [5, 5.41) is 11.1. The molecule has 1 aromatic carbocycles. The number of nitro groups is 1. The predicted molar refractivity (Wildman–Crippen MR) is 162 cm³/mol. The summed E-state index contributed by atoms with van der Waals surface area (Å²) in [5.41, 5.74) is 3.76. The predicted octanol–water partition coefficient (Wildman–Crippen LogP) is 1.92. The van der Waals surface area contributed by atoms with Crippen molar-refractivity contribution in [3.05, 3.63) is 34.4 Å². The van der Waals surface area contributed by atoms with Gasteiger partial charge in [-0.2, -0.15) is 0 Å². The molecule has 0 aromatic heterocycles. The molecule has 4 atom stereocenters. The van der Waals surface area contributed by atoms with E-state index in [0.717, 1.165) is 24.1 Å². The summed E-state index contributed by atoms with van der Waals surface area (Å²) in [5.74, 6) is -1.17. The van der Waals surface area contributed by atoms with Gasteiger partial charge in [-0.1, -0.05) is 12.1 Å². The van der Waals surface area contributed by atoms with Crippen LogP contribution in [0.3, 0.4) is 0 Å². The van der Waals surface area contributed by atoms with E-state index in [2.05, 4.69) is 9.46 Å². The van der Waals surface area contributed by atoms with Crippen molar-refractivity contribution in [3.63, 3.8) is 0 Å². The second-order valence-corrected chi connectivity index (χ2v) is 14.3. The topological polar surface area (TPSA) is 227 Å². The average molecular weight is 674 g/mol. The zero-order chi connectivity index (χ0) is 35.2. The standard InChI is InChI=1S/C17H23N3O8S.C11H20N2O4/c1-17(2,3)28-16(22)19-10-11(9-13(19)15(21)27-4)18-29(25,26)14-8-6-5-7-12(14)20(23)24;1-11(2,3)17-10(15)13-6-7(12)5-8(13)9(14)16-4/h5-8,11,13,18H,9-10H2,1-4H3;7-8H,5-6,12H2,1-4H3/t11-,13+;7-,8+/m11/s1. The number of para-hydroxylation sites is 1. The summed E-state index contributed by atoms with van der Waals surface area (Å²) in [4.78, 5) is 60.2. The molecule has 2 heterocycles. The van der Waals surface area contributed by atoms with E-state index in [9.17, 15) is 37.7 Å². The summed E-state index contributed by atoms with van der Waals surface area (Å²) in [6, 6.07) is 2.14. The summed E-state index contributed by atoms with van der Waals surface area (Å²) >= 11 is 0. The van der Waals surface area contributed by atoms with Gasteiger partial charge in [-0.05, 0) is 60.5 Å². The SMILES string of the molecule is COC(=O)[C@@H]1C[C@@H](N)CN1C(=O)OC(C)(C)C.COC(=O)[C@@H]1C[C@@H](NS(=O)(=O)c2ccccc2[N+](=O)[O-])CN1C(=O)OC(C)(C)C. The summed E-state index contributed by atoms with van der Waals surface area (Å²) in [6.45, 7) is 10.4. The molecule has 17 nitrogen and oxygen atoms in total. The summed E-state index contributed by atoms with van der Waals surface area (Å²) in [6.07, 6.45) is -0.973. The molecule has 0 bridgehead atoms. The molecule has 18 heteroatoms. The van der Waals surface area contributed by atoms with Gasteiger partial charge in [0.25, 0.3) is 5.69 Å². The maximum atomic E-state index is 12.7. The van der Waals surface area contributed by atoms with Gasteiger partial charge >= 0.3 is 24.1 Å². The number of carbonyl (C=O) groups excluding carboxylic acids is 4. The molecule has 2 aliphatic rings. The molecule has 0 spiro atoms. The number of benzene rings is 1. The van der Waals surface area contributed by atoms with E-state index < -0.39 is 79.0 Å². The maximum absolute atomic E-state index is 12.7. The molecule has 0 radical (unpaired) electrons. The van der Waals surface area contributed by atoms with Gasteiger partial charge in [-0.25, -0.2) is 32.3 Å². The van der Waals surface area contributed by atoms with Crippen LogP contribution in [0.1, 0.15) is 54.4 Å². The van der Waals surface area contributed by atoms with Crippen LogP contribution in [0.4, 0.5) is 15.3 Å². The van der Waals surface area contributed by atoms with E-state index in [1.54, 1.807) is 41.5 Å². The first kappa shape index (κ1) is 38.2. The molecule has 0 unspecified atom stereocenters. The van der Waals surface area contributed by atoms with Crippen molar-refractivity contribution in [2.75, 3.05) is 27.3 Å². The van der Waals surface area contributed by atoms with Crippen molar-refractivity contribution >= 4 is 39.8 Å². The Labute approximate surface area is 267 Å². The van der Waals surface area contributed by atoms with E-state index in [1.165, 1.54) is 24.1 Å². The fraction of sp³-hybridized carbons (Fsp3) is 0.643. The molecule has 3 rings (SSSR count). The number of esters is 2. The first-order valence-electron chi connectivity index (χ1n) is 14.3. The minimum absolute atomic E-state index is 0.0637. The summed E-state index contributed by atoms with van der Waals surface area (Å²) < 4.78 is 47.6. The van der Waals surface area contributed by atoms with Crippen LogP contribution < -0.4 is 10.5 Å². The highest BCUT2D eigenvalue weighted by Crippen LogP contribution is 2.27. The van der Waals surface area contributed by atoms with E-state index in [-0.39, 0.29) is 19.0 Å². The van der Waals surface area contributed by atoms with Crippen LogP contribution in [0.2, 0.25) is 0 Å². The van der Waals surface area contributed by atoms with E-state index in [0.29, 0.717) is 13.0 Å². The molecular formula is C28H43N5O12S. The van der Waals surface area contributed by atoms with Crippen LogP contribution in [0.15, 0.2) is 29.2 Å². The number of nitrogens with one attached hydrogen (secondary N) is 1. The first-order chi connectivity index (χ1) is 21.1. The number of methoxy groups -OCH3 is 2. The number of hydrogen-bond donors (Lipinski definition) is 2. The molecule has 2 fully saturated rings. The lowest BCUT2D eigenvalue weighted by molar-refractivity contribution is -0.387. The fourth-order valence-electron chi connectivity index (χ4n) is 4.67. The van der Waals surface area contributed by atoms with E-state index in [4.69, 9.17) is 19.9 Å². The van der Waals surface area contributed by atoms with E-state index >= 15 is 0 Å². The molecule has 2 amide bonds. The average Bonchev–Trinajstić information content (AvgIpc) is 3.54. The lowest BCUT2D eigenvalue weighted by Crippen LogP contribution is -2.44. The van der Waals surface area contributed by atoms with Crippen LogP contribution in [-0.2, 0) is 38.6 Å². The third kappa shape index (κ3) is 10.5. The van der Waals surface area contributed by atoms with E-state index in [1.807, 2.05) is 0 Å². The van der Waals surface area contributed by atoms with Crippen molar-refractivity contribution in [2.45, 2.75) is 94.6 Å². The van der Waals surface area contributed by atoms with Crippen LogP contribution >= 0.6 is 0 Å². The number of carbonyl (C=O) groups is 4. The zero-order valence-electron chi connectivity index (χ0n) is 27.2. The quantitative estimate of drug-likeness (QED) is 0.191. The number of nitrogens with zero attached hydrogens (tertiary/aromatic N) is 3. The highest BCUT2D eigenvalue weighted by molar-refractivity contribution is 7.89. The molecule has 258 valence electrons. The van der Waals surface area contributed by atoms with Crippen LogP contribution in [0, 0.1) is 10.1 Å². The first-order valence-corrected chi connectivity index (χ1v) is 15.7. The van der Waals surface area contributed by atoms with Gasteiger partial charge < -0.3 is 24.7 Å². The molecule has 0 aliphatic carbocycles. The van der Waals surface area contributed by atoms with Crippen LogP contribution in [0.5, 0.6) is 0 Å². The Morgan fingerprint density at radius 1 is 0.870 bits per heavy atom. The Morgan fingerprint density at radius 2 is 1.33 bits per heavy atom. The number of amides is 2. The normalized spacial score (nSPS) is 21.5. The highest BCUT2D eigenvalue weighted by Gasteiger charge is 2.44. The Balaban J connectivity index is 0.000000368.